The van der Waals surface area contributed by atoms with Crippen molar-refractivity contribution in [3.8, 4) is 0 Å². The van der Waals surface area contributed by atoms with E-state index in [-0.39, 0.29) is 0 Å². The summed E-state index contributed by atoms with van der Waals surface area (Å²) in [5, 5.41) is 7.32. The Kier molecular flexibility index (Phi) is 4.64. The van der Waals surface area contributed by atoms with Gasteiger partial charge in [-0.1, -0.05) is 45.9 Å². The van der Waals surface area contributed by atoms with Crippen molar-refractivity contribution in [1.29, 1.82) is 0 Å². The van der Waals surface area contributed by atoms with Crippen molar-refractivity contribution in [3.05, 3.63) is 35.2 Å². The molecule has 0 radical (unpaired) electrons. The van der Waals surface area contributed by atoms with Crippen LogP contribution < -0.4 is 5.32 Å². The summed E-state index contributed by atoms with van der Waals surface area (Å²) in [5.74, 6) is 0.671. The highest BCUT2D eigenvalue weighted by molar-refractivity contribution is 7.17. The number of benzene rings is 1. The monoisotopic (exact) mass is 275 g/mol. The van der Waals surface area contributed by atoms with Crippen LogP contribution in [0.25, 0.3) is 10.1 Å². The molecular weight excluding hydrogens is 250 g/mol. The average molecular weight is 275 g/mol. The molecule has 0 bridgehead atoms. The van der Waals surface area contributed by atoms with Gasteiger partial charge in [-0.15, -0.1) is 11.3 Å². The van der Waals surface area contributed by atoms with Gasteiger partial charge in [0.05, 0.1) is 0 Å². The second-order valence-electron chi connectivity index (χ2n) is 6.02. The molecule has 104 valence electrons. The van der Waals surface area contributed by atoms with E-state index in [1.165, 1.54) is 15.6 Å². The first-order valence-electron chi connectivity index (χ1n) is 7.22. The van der Waals surface area contributed by atoms with Gasteiger partial charge in [0.1, 0.15) is 0 Å². The van der Waals surface area contributed by atoms with Gasteiger partial charge in [0.2, 0.25) is 0 Å². The van der Waals surface area contributed by atoms with Crippen LogP contribution in [0.4, 0.5) is 0 Å². The Labute approximate surface area is 121 Å². The highest BCUT2D eigenvalue weighted by Gasteiger charge is 2.29. The van der Waals surface area contributed by atoms with E-state index in [0.717, 1.165) is 19.5 Å². The Morgan fingerprint density at radius 3 is 2.68 bits per heavy atom. The number of rotatable bonds is 6. The minimum atomic E-state index is 0.319. The molecule has 0 saturated heterocycles. The first-order valence-corrected chi connectivity index (χ1v) is 8.10. The van der Waals surface area contributed by atoms with Gasteiger partial charge in [-0.3, -0.25) is 0 Å². The predicted octanol–water partition coefficient (Wildman–Crippen LogP) is 4.72. The van der Waals surface area contributed by atoms with E-state index in [9.17, 15) is 0 Å². The number of fused-ring (bicyclic) bond motifs is 1. The van der Waals surface area contributed by atoms with Crippen LogP contribution in [0.5, 0.6) is 0 Å². The standard InChI is InChI=1S/C17H25NS/c1-5-18-12-17(4,13(2)3)10-14-11-19-16-9-7-6-8-15(14)16/h6-9,11,13,18H,5,10,12H2,1-4H3. The van der Waals surface area contributed by atoms with Gasteiger partial charge in [-0.25, -0.2) is 0 Å². The molecule has 0 fully saturated rings. The number of hydrogen-bond acceptors (Lipinski definition) is 2. The van der Waals surface area contributed by atoms with Gasteiger partial charge in [-0.2, -0.15) is 0 Å². The van der Waals surface area contributed by atoms with Crippen molar-refractivity contribution in [2.24, 2.45) is 11.3 Å². The highest BCUT2D eigenvalue weighted by Crippen LogP contribution is 2.35. The smallest absolute Gasteiger partial charge is 0.0345 e. The van der Waals surface area contributed by atoms with E-state index < -0.39 is 0 Å². The highest BCUT2D eigenvalue weighted by atomic mass is 32.1. The van der Waals surface area contributed by atoms with Crippen LogP contribution in [0.2, 0.25) is 0 Å². The SMILES string of the molecule is CCNCC(C)(Cc1csc2ccccc12)C(C)C. The van der Waals surface area contributed by atoms with Crippen molar-refractivity contribution in [2.45, 2.75) is 34.1 Å². The third-order valence-electron chi connectivity index (χ3n) is 4.33. The van der Waals surface area contributed by atoms with Crippen LogP contribution in [0, 0.1) is 11.3 Å². The number of hydrogen-bond donors (Lipinski definition) is 1. The van der Waals surface area contributed by atoms with E-state index >= 15 is 0 Å². The predicted molar refractivity (Wildman–Crippen MR) is 87.0 cm³/mol. The van der Waals surface area contributed by atoms with Gasteiger partial charge < -0.3 is 5.32 Å². The first-order chi connectivity index (χ1) is 9.07. The van der Waals surface area contributed by atoms with Gasteiger partial charge in [0.25, 0.3) is 0 Å². The van der Waals surface area contributed by atoms with Crippen LogP contribution in [0.3, 0.4) is 0 Å². The average Bonchev–Trinajstić information content (AvgIpc) is 2.80. The molecule has 0 aliphatic rings. The second-order valence-corrected chi connectivity index (χ2v) is 6.93. The first kappa shape index (κ1) is 14.5. The Balaban J connectivity index is 2.26. The Bertz CT molecular complexity index is 529. The minimum absolute atomic E-state index is 0.319. The van der Waals surface area contributed by atoms with Crippen molar-refractivity contribution >= 4 is 21.4 Å². The molecular formula is C17H25NS. The Hall–Kier alpha value is -0.860. The summed E-state index contributed by atoms with van der Waals surface area (Å²) in [6, 6.07) is 8.76. The van der Waals surface area contributed by atoms with E-state index in [4.69, 9.17) is 0 Å². The zero-order valence-corrected chi connectivity index (χ0v) is 13.3. The fourth-order valence-corrected chi connectivity index (χ4v) is 3.45. The molecule has 1 atom stereocenters. The lowest BCUT2D eigenvalue weighted by atomic mass is 9.74. The molecule has 1 nitrogen and oxygen atoms in total. The molecule has 0 aliphatic heterocycles. The van der Waals surface area contributed by atoms with Crippen LogP contribution in [-0.2, 0) is 6.42 Å². The fourth-order valence-electron chi connectivity index (χ4n) is 2.49. The maximum Gasteiger partial charge on any atom is 0.0345 e. The second kappa shape index (κ2) is 6.06. The largest absolute Gasteiger partial charge is 0.316 e. The van der Waals surface area contributed by atoms with Crippen LogP contribution in [-0.4, -0.2) is 13.1 Å². The summed E-state index contributed by atoms with van der Waals surface area (Å²) in [6.45, 7) is 11.4. The molecule has 0 aliphatic carbocycles. The molecule has 0 spiro atoms. The Morgan fingerprint density at radius 1 is 1.26 bits per heavy atom. The van der Waals surface area contributed by atoms with Gasteiger partial charge in [0, 0.05) is 11.2 Å². The maximum atomic E-state index is 3.53. The molecule has 19 heavy (non-hydrogen) atoms. The summed E-state index contributed by atoms with van der Waals surface area (Å²) >= 11 is 1.87. The quantitative estimate of drug-likeness (QED) is 0.804. The normalized spacial score (nSPS) is 15.0. The lowest BCUT2D eigenvalue weighted by Gasteiger charge is -2.34. The van der Waals surface area contributed by atoms with Crippen LogP contribution in [0.1, 0.15) is 33.3 Å². The van der Waals surface area contributed by atoms with Crippen molar-refractivity contribution < 1.29 is 0 Å². The van der Waals surface area contributed by atoms with Crippen LogP contribution in [0.15, 0.2) is 29.6 Å². The van der Waals surface area contributed by atoms with Gasteiger partial charge in [0.15, 0.2) is 0 Å². The molecule has 0 amide bonds. The fraction of sp³-hybridized carbons (Fsp3) is 0.529. The van der Waals surface area contributed by atoms with E-state index in [1.54, 1.807) is 0 Å². The molecule has 1 aromatic carbocycles. The molecule has 1 N–H and O–H groups in total. The molecule has 2 rings (SSSR count). The van der Waals surface area contributed by atoms with E-state index in [0.29, 0.717) is 11.3 Å². The van der Waals surface area contributed by atoms with Gasteiger partial charge in [-0.05, 0) is 46.7 Å². The molecule has 2 aromatic rings. The zero-order chi connectivity index (χ0) is 13.9. The lowest BCUT2D eigenvalue weighted by Crippen LogP contribution is -2.37. The topological polar surface area (TPSA) is 12.0 Å². The Morgan fingerprint density at radius 2 is 2.00 bits per heavy atom. The summed E-state index contributed by atoms with van der Waals surface area (Å²) in [7, 11) is 0. The molecule has 1 heterocycles. The third kappa shape index (κ3) is 3.18. The summed E-state index contributed by atoms with van der Waals surface area (Å²) in [6.07, 6.45) is 1.15. The molecule has 1 unspecified atom stereocenters. The summed E-state index contributed by atoms with van der Waals surface area (Å²) in [5.41, 5.74) is 1.83. The summed E-state index contributed by atoms with van der Waals surface area (Å²) < 4.78 is 1.41. The van der Waals surface area contributed by atoms with Crippen molar-refractivity contribution in [1.82, 2.24) is 5.32 Å². The number of nitrogens with one attached hydrogen (secondary N) is 1. The lowest BCUT2D eigenvalue weighted by molar-refractivity contribution is 0.209. The molecule has 2 heteroatoms. The minimum Gasteiger partial charge on any atom is -0.316 e. The van der Waals surface area contributed by atoms with Crippen molar-refractivity contribution in [3.63, 3.8) is 0 Å². The van der Waals surface area contributed by atoms with Crippen LogP contribution >= 0.6 is 11.3 Å². The van der Waals surface area contributed by atoms with Crippen molar-refractivity contribution in [2.75, 3.05) is 13.1 Å². The van der Waals surface area contributed by atoms with Gasteiger partial charge >= 0.3 is 0 Å². The molecule has 0 saturated carbocycles. The van der Waals surface area contributed by atoms with E-state index in [1.807, 2.05) is 11.3 Å². The third-order valence-corrected chi connectivity index (χ3v) is 5.34. The molecule has 1 aromatic heterocycles. The zero-order valence-electron chi connectivity index (χ0n) is 12.5. The summed E-state index contributed by atoms with van der Waals surface area (Å²) in [4.78, 5) is 0. The maximum absolute atomic E-state index is 3.53. The van der Waals surface area contributed by atoms with E-state index in [2.05, 4.69) is 62.7 Å². The number of thiophene rings is 1.